The Hall–Kier alpha value is -2.80. The van der Waals surface area contributed by atoms with Gasteiger partial charge in [-0.3, -0.25) is 4.90 Å². The topological polar surface area (TPSA) is 56.8 Å². The van der Waals surface area contributed by atoms with Crippen LogP contribution >= 0.6 is 0 Å². The first kappa shape index (κ1) is 19.9. The highest BCUT2D eigenvalue weighted by atomic mass is 19.1. The molecule has 0 atom stereocenters. The molecule has 2 amide bonds. The number of benzene rings is 2. The van der Waals surface area contributed by atoms with Gasteiger partial charge in [0.2, 0.25) is 0 Å². The molecule has 1 saturated heterocycles. The molecule has 2 N–H and O–H groups in total. The van der Waals surface area contributed by atoms with Crippen molar-refractivity contribution in [3.63, 3.8) is 0 Å². The van der Waals surface area contributed by atoms with Crippen molar-refractivity contribution in [3.05, 3.63) is 59.9 Å². The standard InChI is InChI=1S/C21H27FN4O2/c1-28-20-8-2-17(3-9-20)16-24-21(27)23-10-11-25-12-14-26(15-13-25)19-6-4-18(22)5-7-19/h2-9H,10-16H2,1H3,(H2,23,24,27). The predicted molar refractivity (Wildman–Crippen MR) is 108 cm³/mol. The van der Waals surface area contributed by atoms with Crippen molar-refractivity contribution in [2.75, 3.05) is 51.3 Å². The average Bonchev–Trinajstić information content (AvgIpc) is 2.74. The Morgan fingerprint density at radius 1 is 1.00 bits per heavy atom. The van der Waals surface area contributed by atoms with E-state index in [1.807, 2.05) is 36.4 Å². The number of urea groups is 1. The van der Waals surface area contributed by atoms with Gasteiger partial charge in [0, 0.05) is 51.5 Å². The monoisotopic (exact) mass is 386 g/mol. The summed E-state index contributed by atoms with van der Waals surface area (Å²) in [7, 11) is 1.63. The van der Waals surface area contributed by atoms with Crippen LogP contribution in [0, 0.1) is 5.82 Å². The molecule has 0 bridgehead atoms. The molecule has 0 radical (unpaired) electrons. The molecule has 0 spiro atoms. The number of ether oxygens (including phenoxy) is 1. The molecule has 28 heavy (non-hydrogen) atoms. The smallest absolute Gasteiger partial charge is 0.315 e. The Bertz CT molecular complexity index is 744. The zero-order chi connectivity index (χ0) is 19.8. The fraction of sp³-hybridized carbons (Fsp3) is 0.381. The minimum absolute atomic E-state index is 0.166. The van der Waals surface area contributed by atoms with E-state index in [4.69, 9.17) is 4.74 Å². The zero-order valence-corrected chi connectivity index (χ0v) is 16.2. The SMILES string of the molecule is COc1ccc(CNC(=O)NCCN2CCN(c3ccc(F)cc3)CC2)cc1. The highest BCUT2D eigenvalue weighted by Crippen LogP contribution is 2.16. The third-order valence-electron chi connectivity index (χ3n) is 4.89. The van der Waals surface area contributed by atoms with Crippen molar-refractivity contribution in [1.82, 2.24) is 15.5 Å². The van der Waals surface area contributed by atoms with Gasteiger partial charge in [-0.05, 0) is 42.0 Å². The molecular weight excluding hydrogens is 359 g/mol. The van der Waals surface area contributed by atoms with Crippen molar-refractivity contribution in [2.45, 2.75) is 6.54 Å². The highest BCUT2D eigenvalue weighted by Gasteiger charge is 2.17. The second-order valence-corrected chi connectivity index (χ2v) is 6.76. The predicted octanol–water partition coefficient (Wildman–Crippen LogP) is 2.46. The maximum Gasteiger partial charge on any atom is 0.315 e. The lowest BCUT2D eigenvalue weighted by Gasteiger charge is -2.36. The molecule has 2 aromatic rings. The third kappa shape index (κ3) is 5.85. The lowest BCUT2D eigenvalue weighted by atomic mass is 10.2. The summed E-state index contributed by atoms with van der Waals surface area (Å²) in [6.45, 7) is 5.54. The van der Waals surface area contributed by atoms with E-state index in [-0.39, 0.29) is 11.8 Å². The number of hydrogen-bond acceptors (Lipinski definition) is 4. The molecule has 0 unspecified atom stereocenters. The number of nitrogens with zero attached hydrogens (tertiary/aromatic N) is 2. The number of hydrogen-bond donors (Lipinski definition) is 2. The molecule has 1 aliphatic rings. The quantitative estimate of drug-likeness (QED) is 0.768. The van der Waals surface area contributed by atoms with Gasteiger partial charge in [-0.1, -0.05) is 12.1 Å². The number of carbonyl (C=O) groups is 1. The molecule has 2 aromatic carbocycles. The maximum atomic E-state index is 13.0. The first-order valence-electron chi connectivity index (χ1n) is 9.51. The van der Waals surface area contributed by atoms with Gasteiger partial charge in [0.25, 0.3) is 0 Å². The summed E-state index contributed by atoms with van der Waals surface area (Å²) < 4.78 is 18.2. The van der Waals surface area contributed by atoms with Gasteiger partial charge >= 0.3 is 6.03 Å². The van der Waals surface area contributed by atoms with Gasteiger partial charge in [-0.25, -0.2) is 9.18 Å². The molecule has 7 heteroatoms. The van der Waals surface area contributed by atoms with Crippen LogP contribution in [-0.2, 0) is 6.54 Å². The fourth-order valence-electron chi connectivity index (χ4n) is 3.20. The Labute approximate surface area is 165 Å². The lowest BCUT2D eigenvalue weighted by molar-refractivity contribution is 0.231. The zero-order valence-electron chi connectivity index (χ0n) is 16.2. The number of piperazine rings is 1. The summed E-state index contributed by atoms with van der Waals surface area (Å²) >= 11 is 0. The number of amides is 2. The van der Waals surface area contributed by atoms with E-state index in [0.29, 0.717) is 13.1 Å². The van der Waals surface area contributed by atoms with Gasteiger partial charge < -0.3 is 20.3 Å². The summed E-state index contributed by atoms with van der Waals surface area (Å²) in [6, 6.07) is 14.1. The second-order valence-electron chi connectivity index (χ2n) is 6.76. The van der Waals surface area contributed by atoms with Gasteiger partial charge in [-0.2, -0.15) is 0 Å². The summed E-state index contributed by atoms with van der Waals surface area (Å²) in [5.41, 5.74) is 2.07. The van der Waals surface area contributed by atoms with Crippen LogP contribution in [0.5, 0.6) is 5.75 Å². The van der Waals surface area contributed by atoms with Crippen LogP contribution in [0.15, 0.2) is 48.5 Å². The van der Waals surface area contributed by atoms with E-state index >= 15 is 0 Å². The molecule has 1 aliphatic heterocycles. The Morgan fingerprint density at radius 3 is 2.32 bits per heavy atom. The van der Waals surface area contributed by atoms with Crippen molar-refractivity contribution in [1.29, 1.82) is 0 Å². The van der Waals surface area contributed by atoms with Crippen LogP contribution in [0.4, 0.5) is 14.9 Å². The van der Waals surface area contributed by atoms with Crippen molar-refractivity contribution < 1.29 is 13.9 Å². The van der Waals surface area contributed by atoms with Crippen molar-refractivity contribution in [3.8, 4) is 5.75 Å². The molecule has 0 saturated carbocycles. The van der Waals surface area contributed by atoms with E-state index in [2.05, 4.69) is 20.4 Å². The molecule has 1 heterocycles. The average molecular weight is 386 g/mol. The minimum Gasteiger partial charge on any atom is -0.497 e. The van der Waals surface area contributed by atoms with Crippen LogP contribution in [0.25, 0.3) is 0 Å². The van der Waals surface area contributed by atoms with Crippen LogP contribution in [0.3, 0.4) is 0 Å². The van der Waals surface area contributed by atoms with Gasteiger partial charge in [0.1, 0.15) is 11.6 Å². The van der Waals surface area contributed by atoms with Crippen LogP contribution in [-0.4, -0.2) is 57.3 Å². The number of rotatable bonds is 7. The lowest BCUT2D eigenvalue weighted by Crippen LogP contribution is -2.49. The number of halogens is 1. The first-order chi connectivity index (χ1) is 13.6. The summed E-state index contributed by atoms with van der Waals surface area (Å²) in [5.74, 6) is 0.589. The molecular formula is C21H27FN4O2. The summed E-state index contributed by atoms with van der Waals surface area (Å²) in [4.78, 5) is 16.5. The van der Waals surface area contributed by atoms with Gasteiger partial charge in [0.15, 0.2) is 0 Å². The second kappa shape index (κ2) is 9.94. The Morgan fingerprint density at radius 2 is 1.68 bits per heavy atom. The summed E-state index contributed by atoms with van der Waals surface area (Å²) in [6.07, 6.45) is 0. The van der Waals surface area contributed by atoms with Crippen molar-refractivity contribution in [2.24, 2.45) is 0 Å². The molecule has 6 nitrogen and oxygen atoms in total. The normalized spacial score (nSPS) is 14.6. The Kier molecular flexibility index (Phi) is 7.08. The van der Waals surface area contributed by atoms with E-state index < -0.39 is 0 Å². The van der Waals surface area contributed by atoms with E-state index in [9.17, 15) is 9.18 Å². The fourth-order valence-corrected chi connectivity index (χ4v) is 3.20. The molecule has 0 aromatic heterocycles. The van der Waals surface area contributed by atoms with Crippen LogP contribution < -0.4 is 20.3 Å². The highest BCUT2D eigenvalue weighted by molar-refractivity contribution is 5.73. The largest absolute Gasteiger partial charge is 0.497 e. The molecule has 0 aliphatic carbocycles. The van der Waals surface area contributed by atoms with E-state index in [1.165, 1.54) is 12.1 Å². The maximum absolute atomic E-state index is 13.0. The minimum atomic E-state index is -0.210. The van der Waals surface area contributed by atoms with Gasteiger partial charge in [-0.15, -0.1) is 0 Å². The van der Waals surface area contributed by atoms with Crippen LogP contribution in [0.1, 0.15) is 5.56 Å². The number of anilines is 1. The van der Waals surface area contributed by atoms with Crippen LogP contribution in [0.2, 0.25) is 0 Å². The first-order valence-corrected chi connectivity index (χ1v) is 9.51. The van der Waals surface area contributed by atoms with E-state index in [0.717, 1.165) is 49.7 Å². The third-order valence-corrected chi connectivity index (χ3v) is 4.89. The Balaban J connectivity index is 1.30. The summed E-state index contributed by atoms with van der Waals surface area (Å²) in [5, 5.41) is 5.76. The van der Waals surface area contributed by atoms with E-state index in [1.54, 1.807) is 7.11 Å². The molecule has 1 fully saturated rings. The molecule has 150 valence electrons. The van der Waals surface area contributed by atoms with Crippen molar-refractivity contribution >= 4 is 11.7 Å². The number of carbonyl (C=O) groups excluding carboxylic acids is 1. The number of nitrogens with one attached hydrogen (secondary N) is 2. The molecule has 3 rings (SSSR count). The number of methoxy groups -OCH3 is 1. The van der Waals surface area contributed by atoms with Gasteiger partial charge in [0.05, 0.1) is 7.11 Å².